The number of aliphatic hydroxyl groups is 1. The number of nitrogens with zero attached hydrogens (tertiary/aromatic N) is 3. The standard InChI is InChI=1S/C22H32N4O4/c1-25(14-19-6-9-23-24-19)13-17-4-3-5-21(12-17)30-16-20(27)15-26-10-7-18(8-11-26)22(28)29-2/h3-6,9,12,18,20,27H,7-8,10-11,13-16H2,1-2H3,(H,23,24)/t20-/m1/s1. The molecular formula is C22H32N4O4. The van der Waals surface area contributed by atoms with Gasteiger partial charge in [-0.25, -0.2) is 0 Å². The van der Waals surface area contributed by atoms with Crippen LogP contribution in [0.4, 0.5) is 0 Å². The maximum Gasteiger partial charge on any atom is 0.308 e. The smallest absolute Gasteiger partial charge is 0.308 e. The van der Waals surface area contributed by atoms with E-state index in [-0.39, 0.29) is 18.5 Å². The lowest BCUT2D eigenvalue weighted by atomic mass is 9.97. The number of methoxy groups -OCH3 is 1. The van der Waals surface area contributed by atoms with Gasteiger partial charge in [0.05, 0.1) is 13.0 Å². The average molecular weight is 417 g/mol. The van der Waals surface area contributed by atoms with Gasteiger partial charge < -0.3 is 19.5 Å². The van der Waals surface area contributed by atoms with E-state index in [1.165, 1.54) is 7.11 Å². The molecule has 1 fully saturated rings. The zero-order valence-corrected chi connectivity index (χ0v) is 17.8. The lowest BCUT2D eigenvalue weighted by molar-refractivity contribution is -0.147. The molecule has 30 heavy (non-hydrogen) atoms. The quantitative estimate of drug-likeness (QED) is 0.569. The molecule has 0 radical (unpaired) electrons. The van der Waals surface area contributed by atoms with Crippen molar-refractivity contribution in [2.45, 2.75) is 32.0 Å². The topological polar surface area (TPSA) is 90.9 Å². The molecule has 1 aromatic carbocycles. The molecular weight excluding hydrogens is 384 g/mol. The van der Waals surface area contributed by atoms with Gasteiger partial charge in [0.2, 0.25) is 0 Å². The first-order chi connectivity index (χ1) is 14.5. The van der Waals surface area contributed by atoms with Gasteiger partial charge in [0, 0.05) is 31.5 Å². The summed E-state index contributed by atoms with van der Waals surface area (Å²) in [5, 5.41) is 17.3. The Morgan fingerprint density at radius 1 is 1.33 bits per heavy atom. The highest BCUT2D eigenvalue weighted by molar-refractivity contribution is 5.72. The van der Waals surface area contributed by atoms with Crippen molar-refractivity contribution in [3.63, 3.8) is 0 Å². The summed E-state index contributed by atoms with van der Waals surface area (Å²) in [6, 6.07) is 9.93. The fourth-order valence-corrected chi connectivity index (χ4v) is 3.83. The molecule has 1 aromatic heterocycles. The van der Waals surface area contributed by atoms with E-state index in [4.69, 9.17) is 9.47 Å². The first-order valence-electron chi connectivity index (χ1n) is 10.4. The number of ether oxygens (including phenoxy) is 2. The number of carbonyl (C=O) groups excluding carboxylic acids is 1. The van der Waals surface area contributed by atoms with Gasteiger partial charge in [0.1, 0.15) is 18.5 Å². The summed E-state index contributed by atoms with van der Waals surface area (Å²) in [6.07, 6.45) is 2.72. The second-order valence-corrected chi connectivity index (χ2v) is 7.96. The summed E-state index contributed by atoms with van der Waals surface area (Å²) in [6.45, 7) is 3.93. The molecule has 1 saturated heterocycles. The first kappa shape index (κ1) is 22.3. The minimum absolute atomic E-state index is 0.0196. The van der Waals surface area contributed by atoms with Crippen LogP contribution in [-0.2, 0) is 22.6 Å². The molecule has 2 heterocycles. The van der Waals surface area contributed by atoms with Crippen LogP contribution in [0, 0.1) is 5.92 Å². The number of aliphatic hydroxyl groups excluding tert-OH is 1. The number of likely N-dealkylation sites (tertiary alicyclic amines) is 1. The molecule has 2 N–H and O–H groups in total. The number of rotatable bonds is 10. The SMILES string of the molecule is COC(=O)C1CCN(C[C@@H](O)COc2cccc(CN(C)Cc3ccn[nH]3)c2)CC1. The van der Waals surface area contributed by atoms with E-state index in [0.717, 1.165) is 56.0 Å². The Morgan fingerprint density at radius 3 is 2.83 bits per heavy atom. The Balaban J connectivity index is 1.40. The molecule has 0 amide bonds. The number of hydrogen-bond acceptors (Lipinski definition) is 7. The summed E-state index contributed by atoms with van der Waals surface area (Å²) in [4.78, 5) is 16.0. The van der Waals surface area contributed by atoms with Crippen molar-refractivity contribution < 1.29 is 19.4 Å². The van der Waals surface area contributed by atoms with Crippen LogP contribution in [-0.4, -0.2) is 77.6 Å². The predicted octanol–water partition coefficient (Wildman–Crippen LogP) is 1.67. The van der Waals surface area contributed by atoms with Crippen molar-refractivity contribution in [2.75, 3.05) is 40.4 Å². The van der Waals surface area contributed by atoms with Crippen molar-refractivity contribution >= 4 is 5.97 Å². The monoisotopic (exact) mass is 416 g/mol. The molecule has 0 aliphatic carbocycles. The number of aromatic nitrogens is 2. The van der Waals surface area contributed by atoms with E-state index in [9.17, 15) is 9.90 Å². The molecule has 2 aromatic rings. The van der Waals surface area contributed by atoms with Gasteiger partial charge in [-0.2, -0.15) is 5.10 Å². The number of nitrogens with one attached hydrogen (secondary N) is 1. The summed E-state index contributed by atoms with van der Waals surface area (Å²) < 4.78 is 10.6. The van der Waals surface area contributed by atoms with E-state index in [1.807, 2.05) is 24.3 Å². The van der Waals surface area contributed by atoms with Crippen molar-refractivity contribution in [3.8, 4) is 5.75 Å². The Hall–Kier alpha value is -2.42. The lowest BCUT2D eigenvalue weighted by Crippen LogP contribution is -2.42. The van der Waals surface area contributed by atoms with Gasteiger partial charge in [-0.3, -0.25) is 14.8 Å². The van der Waals surface area contributed by atoms with Gasteiger partial charge in [0.25, 0.3) is 0 Å². The summed E-state index contributed by atoms with van der Waals surface area (Å²) in [7, 11) is 3.49. The molecule has 3 rings (SSSR count). The van der Waals surface area contributed by atoms with Gasteiger partial charge in [0.15, 0.2) is 0 Å². The first-order valence-corrected chi connectivity index (χ1v) is 10.4. The maximum atomic E-state index is 11.6. The Labute approximate surface area is 177 Å². The predicted molar refractivity (Wildman–Crippen MR) is 113 cm³/mol. The normalized spacial score (nSPS) is 16.5. The van der Waals surface area contributed by atoms with Crippen LogP contribution in [0.2, 0.25) is 0 Å². The van der Waals surface area contributed by atoms with Crippen molar-refractivity contribution in [2.24, 2.45) is 5.92 Å². The largest absolute Gasteiger partial charge is 0.491 e. The van der Waals surface area contributed by atoms with Gasteiger partial charge in [-0.15, -0.1) is 0 Å². The van der Waals surface area contributed by atoms with E-state index in [0.29, 0.717) is 6.54 Å². The van der Waals surface area contributed by atoms with Crippen molar-refractivity contribution in [3.05, 3.63) is 47.8 Å². The van der Waals surface area contributed by atoms with Crippen LogP contribution in [0.15, 0.2) is 36.5 Å². The lowest BCUT2D eigenvalue weighted by Gasteiger charge is -2.31. The Morgan fingerprint density at radius 2 is 2.13 bits per heavy atom. The summed E-state index contributed by atoms with van der Waals surface area (Å²) in [5.74, 6) is 0.605. The molecule has 0 bridgehead atoms. The third kappa shape index (κ3) is 6.83. The molecule has 8 heteroatoms. The Kier molecular flexibility index (Phi) is 8.24. The number of piperidine rings is 1. The summed E-state index contributed by atoms with van der Waals surface area (Å²) in [5.41, 5.74) is 2.22. The van der Waals surface area contributed by atoms with Crippen LogP contribution in [0.5, 0.6) is 5.75 Å². The maximum absolute atomic E-state index is 11.6. The molecule has 0 spiro atoms. The molecule has 8 nitrogen and oxygen atoms in total. The fourth-order valence-electron chi connectivity index (χ4n) is 3.83. The third-order valence-electron chi connectivity index (χ3n) is 5.38. The number of carbonyl (C=O) groups is 1. The van der Waals surface area contributed by atoms with Crippen LogP contribution in [0.1, 0.15) is 24.1 Å². The van der Waals surface area contributed by atoms with E-state index < -0.39 is 6.10 Å². The Bertz CT molecular complexity index is 775. The molecule has 0 saturated carbocycles. The van der Waals surface area contributed by atoms with E-state index in [2.05, 4.69) is 33.1 Å². The number of H-pyrrole nitrogens is 1. The second kappa shape index (κ2) is 11.1. The highest BCUT2D eigenvalue weighted by Crippen LogP contribution is 2.19. The highest BCUT2D eigenvalue weighted by Gasteiger charge is 2.26. The van der Waals surface area contributed by atoms with E-state index in [1.54, 1.807) is 6.20 Å². The molecule has 1 aliphatic heterocycles. The van der Waals surface area contributed by atoms with Gasteiger partial charge in [-0.1, -0.05) is 12.1 Å². The van der Waals surface area contributed by atoms with Crippen molar-refractivity contribution in [1.29, 1.82) is 0 Å². The molecule has 1 atom stereocenters. The zero-order valence-electron chi connectivity index (χ0n) is 17.8. The minimum Gasteiger partial charge on any atom is -0.491 e. The average Bonchev–Trinajstić information content (AvgIpc) is 3.25. The molecule has 164 valence electrons. The number of β-amino-alcohol motifs (C(OH)–C–C–N with tert-alkyl or cyclic N) is 1. The van der Waals surface area contributed by atoms with E-state index >= 15 is 0 Å². The van der Waals surface area contributed by atoms with Crippen LogP contribution in [0.25, 0.3) is 0 Å². The number of esters is 1. The van der Waals surface area contributed by atoms with Gasteiger partial charge >= 0.3 is 5.97 Å². The molecule has 0 unspecified atom stereocenters. The second-order valence-electron chi connectivity index (χ2n) is 7.96. The number of hydrogen-bond donors (Lipinski definition) is 2. The third-order valence-corrected chi connectivity index (χ3v) is 5.38. The number of aromatic amines is 1. The fraction of sp³-hybridized carbons (Fsp3) is 0.545. The highest BCUT2D eigenvalue weighted by atomic mass is 16.5. The van der Waals surface area contributed by atoms with Crippen LogP contribution >= 0.6 is 0 Å². The van der Waals surface area contributed by atoms with Crippen LogP contribution in [0.3, 0.4) is 0 Å². The minimum atomic E-state index is -0.577. The molecule has 1 aliphatic rings. The summed E-state index contributed by atoms with van der Waals surface area (Å²) >= 11 is 0. The zero-order chi connectivity index (χ0) is 21.3. The number of benzene rings is 1. The van der Waals surface area contributed by atoms with Gasteiger partial charge in [-0.05, 0) is 56.7 Å². The van der Waals surface area contributed by atoms with Crippen LogP contribution < -0.4 is 4.74 Å². The van der Waals surface area contributed by atoms with Crippen molar-refractivity contribution in [1.82, 2.24) is 20.0 Å².